The van der Waals surface area contributed by atoms with E-state index in [0.29, 0.717) is 16.8 Å². The summed E-state index contributed by atoms with van der Waals surface area (Å²) in [5, 5.41) is 5.19. The molecule has 23 heavy (non-hydrogen) atoms. The molecule has 0 saturated heterocycles. The highest BCUT2D eigenvalue weighted by molar-refractivity contribution is 9.10. The highest BCUT2D eigenvalue weighted by Crippen LogP contribution is 2.12. The Kier molecular flexibility index (Phi) is 5.65. The molecule has 2 amide bonds. The molecule has 0 bridgehead atoms. The van der Waals surface area contributed by atoms with E-state index in [1.807, 2.05) is 6.07 Å². The minimum Gasteiger partial charge on any atom is -0.343 e. The first-order valence-electron chi connectivity index (χ1n) is 6.90. The molecule has 0 atom stereocenters. The summed E-state index contributed by atoms with van der Waals surface area (Å²) in [7, 11) is 0. The highest BCUT2D eigenvalue weighted by atomic mass is 79.9. The second-order valence-corrected chi connectivity index (χ2v) is 5.79. The number of hydrogen-bond acceptors (Lipinski definition) is 3. The summed E-state index contributed by atoms with van der Waals surface area (Å²) >= 11 is 3.29. The topological polar surface area (TPSA) is 75.3 Å². The molecule has 2 aromatic rings. The Morgan fingerprint density at radius 3 is 2.39 bits per heavy atom. The second kappa shape index (κ2) is 7.69. The van der Waals surface area contributed by atoms with Crippen LogP contribution < -0.4 is 10.6 Å². The number of Topliss-reactive ketones (excluding diaryl/α,β-unsaturated/α-hetero) is 1. The SMILES string of the molecule is CC(=O)c1cccc(NC(=O)CNC(=O)c2cccc(Br)c2)c1. The van der Waals surface area contributed by atoms with Crippen molar-refractivity contribution in [1.82, 2.24) is 5.32 Å². The first kappa shape index (κ1) is 16.9. The number of carbonyl (C=O) groups excluding carboxylic acids is 3. The number of ketones is 1. The zero-order valence-corrected chi connectivity index (χ0v) is 14.0. The molecular weight excluding hydrogens is 360 g/mol. The van der Waals surface area contributed by atoms with Gasteiger partial charge < -0.3 is 10.6 Å². The average molecular weight is 375 g/mol. The summed E-state index contributed by atoms with van der Waals surface area (Å²) < 4.78 is 0.788. The molecule has 0 aliphatic carbocycles. The number of halogens is 1. The molecule has 6 heteroatoms. The van der Waals surface area contributed by atoms with E-state index in [4.69, 9.17) is 0 Å². The van der Waals surface area contributed by atoms with E-state index in [1.54, 1.807) is 42.5 Å². The van der Waals surface area contributed by atoms with Gasteiger partial charge in [-0.15, -0.1) is 0 Å². The van der Waals surface area contributed by atoms with Crippen LogP contribution in [0.1, 0.15) is 27.6 Å². The van der Waals surface area contributed by atoms with Crippen molar-refractivity contribution in [3.05, 3.63) is 64.1 Å². The molecule has 0 spiro atoms. The Morgan fingerprint density at radius 1 is 1.00 bits per heavy atom. The maximum Gasteiger partial charge on any atom is 0.251 e. The van der Waals surface area contributed by atoms with Crippen molar-refractivity contribution < 1.29 is 14.4 Å². The van der Waals surface area contributed by atoms with Crippen molar-refractivity contribution in [3.8, 4) is 0 Å². The van der Waals surface area contributed by atoms with Crippen molar-refractivity contribution in [2.75, 3.05) is 11.9 Å². The van der Waals surface area contributed by atoms with Gasteiger partial charge in [0.05, 0.1) is 6.54 Å². The third kappa shape index (κ3) is 5.03. The molecule has 5 nitrogen and oxygen atoms in total. The molecule has 2 N–H and O–H groups in total. The zero-order chi connectivity index (χ0) is 16.8. The monoisotopic (exact) mass is 374 g/mol. The number of amides is 2. The van der Waals surface area contributed by atoms with E-state index in [9.17, 15) is 14.4 Å². The van der Waals surface area contributed by atoms with E-state index in [0.717, 1.165) is 4.47 Å². The highest BCUT2D eigenvalue weighted by Gasteiger charge is 2.09. The Morgan fingerprint density at radius 2 is 1.70 bits per heavy atom. The van der Waals surface area contributed by atoms with Crippen LogP contribution in [0, 0.1) is 0 Å². The van der Waals surface area contributed by atoms with Gasteiger partial charge in [0.1, 0.15) is 0 Å². The smallest absolute Gasteiger partial charge is 0.251 e. The number of nitrogens with one attached hydrogen (secondary N) is 2. The lowest BCUT2D eigenvalue weighted by molar-refractivity contribution is -0.115. The number of hydrogen-bond donors (Lipinski definition) is 2. The van der Waals surface area contributed by atoms with Gasteiger partial charge in [0.15, 0.2) is 5.78 Å². The van der Waals surface area contributed by atoms with Crippen LogP contribution >= 0.6 is 15.9 Å². The molecular formula is C17H15BrN2O3. The van der Waals surface area contributed by atoms with Crippen molar-refractivity contribution >= 4 is 39.2 Å². The lowest BCUT2D eigenvalue weighted by Crippen LogP contribution is -2.32. The Balaban J connectivity index is 1.91. The predicted molar refractivity (Wildman–Crippen MR) is 91.6 cm³/mol. The first-order chi connectivity index (χ1) is 11.0. The number of rotatable bonds is 5. The van der Waals surface area contributed by atoms with Gasteiger partial charge in [-0.2, -0.15) is 0 Å². The Labute approximate surface area is 142 Å². The maximum atomic E-state index is 11.9. The molecule has 0 unspecified atom stereocenters. The van der Waals surface area contributed by atoms with E-state index in [-0.39, 0.29) is 24.1 Å². The number of carbonyl (C=O) groups is 3. The molecule has 0 aromatic heterocycles. The van der Waals surface area contributed by atoms with Gasteiger partial charge in [0, 0.05) is 21.3 Å². The minimum absolute atomic E-state index is 0.0796. The minimum atomic E-state index is -0.367. The zero-order valence-electron chi connectivity index (χ0n) is 12.4. The van der Waals surface area contributed by atoms with E-state index in [1.165, 1.54) is 6.92 Å². The van der Waals surface area contributed by atoms with Gasteiger partial charge in [-0.1, -0.05) is 34.1 Å². The third-order valence-corrected chi connectivity index (χ3v) is 3.54. The fourth-order valence-corrected chi connectivity index (χ4v) is 2.31. The molecule has 2 aromatic carbocycles. The summed E-state index contributed by atoms with van der Waals surface area (Å²) in [5.41, 5.74) is 1.49. The van der Waals surface area contributed by atoms with Gasteiger partial charge in [0.25, 0.3) is 5.91 Å². The quantitative estimate of drug-likeness (QED) is 0.789. The molecule has 0 aliphatic rings. The molecule has 0 aliphatic heterocycles. The van der Waals surface area contributed by atoms with E-state index >= 15 is 0 Å². The van der Waals surface area contributed by atoms with Crippen LogP contribution in [-0.4, -0.2) is 24.1 Å². The summed E-state index contributed by atoms with van der Waals surface area (Å²) in [6.07, 6.45) is 0. The molecule has 0 radical (unpaired) electrons. The first-order valence-corrected chi connectivity index (χ1v) is 7.69. The molecule has 0 heterocycles. The fourth-order valence-electron chi connectivity index (χ4n) is 1.91. The van der Waals surface area contributed by atoms with Crippen molar-refractivity contribution in [3.63, 3.8) is 0 Å². The van der Waals surface area contributed by atoms with Crippen LogP contribution in [0.25, 0.3) is 0 Å². The second-order valence-electron chi connectivity index (χ2n) is 4.88. The molecule has 2 rings (SSSR count). The molecule has 118 valence electrons. The van der Waals surface area contributed by atoms with Crippen LogP contribution in [-0.2, 0) is 4.79 Å². The third-order valence-electron chi connectivity index (χ3n) is 3.05. The largest absolute Gasteiger partial charge is 0.343 e. The van der Waals surface area contributed by atoms with E-state index in [2.05, 4.69) is 26.6 Å². The van der Waals surface area contributed by atoms with Gasteiger partial charge in [-0.25, -0.2) is 0 Å². The normalized spacial score (nSPS) is 10.0. The van der Waals surface area contributed by atoms with Gasteiger partial charge in [-0.3, -0.25) is 14.4 Å². The maximum absolute atomic E-state index is 11.9. The van der Waals surface area contributed by atoms with Gasteiger partial charge in [-0.05, 0) is 37.3 Å². The fraction of sp³-hybridized carbons (Fsp3) is 0.118. The van der Waals surface area contributed by atoms with Crippen molar-refractivity contribution in [2.45, 2.75) is 6.92 Å². The van der Waals surface area contributed by atoms with Gasteiger partial charge in [0.2, 0.25) is 5.91 Å². The van der Waals surface area contributed by atoms with Crippen LogP contribution in [0.5, 0.6) is 0 Å². The van der Waals surface area contributed by atoms with Crippen LogP contribution in [0.3, 0.4) is 0 Å². The molecule has 0 fully saturated rings. The van der Waals surface area contributed by atoms with E-state index < -0.39 is 0 Å². The van der Waals surface area contributed by atoms with Crippen LogP contribution in [0.4, 0.5) is 5.69 Å². The lowest BCUT2D eigenvalue weighted by Gasteiger charge is -2.08. The van der Waals surface area contributed by atoms with Crippen LogP contribution in [0.15, 0.2) is 53.0 Å². The summed E-state index contributed by atoms with van der Waals surface area (Å²) in [6, 6.07) is 13.5. The predicted octanol–water partition coefficient (Wildman–Crippen LogP) is 3.02. The summed E-state index contributed by atoms with van der Waals surface area (Å²) in [5.74, 6) is -0.781. The Hall–Kier alpha value is -2.47. The lowest BCUT2D eigenvalue weighted by atomic mass is 10.1. The average Bonchev–Trinajstić information content (AvgIpc) is 2.53. The Bertz CT molecular complexity index is 759. The number of anilines is 1. The standard InChI is InChI=1S/C17H15BrN2O3/c1-11(21)12-4-3-7-15(9-12)20-16(22)10-19-17(23)13-5-2-6-14(18)8-13/h2-9H,10H2,1H3,(H,19,23)(H,20,22). The summed E-state index contributed by atoms with van der Waals surface area (Å²) in [4.78, 5) is 35.1. The van der Waals surface area contributed by atoms with Crippen molar-refractivity contribution in [2.24, 2.45) is 0 Å². The number of benzene rings is 2. The van der Waals surface area contributed by atoms with Crippen LogP contribution in [0.2, 0.25) is 0 Å². The van der Waals surface area contributed by atoms with Crippen molar-refractivity contribution in [1.29, 1.82) is 0 Å². The summed E-state index contributed by atoms with van der Waals surface area (Å²) in [6.45, 7) is 1.30. The van der Waals surface area contributed by atoms with Gasteiger partial charge >= 0.3 is 0 Å². The molecule has 0 saturated carbocycles.